The zero-order valence-corrected chi connectivity index (χ0v) is 14.7. The molecule has 0 saturated carbocycles. The Morgan fingerprint density at radius 1 is 1.16 bits per heavy atom. The standard InChI is InChI=1S/C20H23FN2O2/c1-15(24)23(12-16-3-6-19(21)7-4-16)13-17-5-8-20-18(11-17)14-22(2)9-10-25-20/h3-8,11H,9-10,12-14H2,1-2H3. The summed E-state index contributed by atoms with van der Waals surface area (Å²) in [5, 5.41) is 0. The van der Waals surface area contributed by atoms with E-state index in [1.54, 1.807) is 24.0 Å². The van der Waals surface area contributed by atoms with Crippen LogP contribution < -0.4 is 4.74 Å². The molecule has 0 N–H and O–H groups in total. The van der Waals surface area contributed by atoms with Gasteiger partial charge in [0.2, 0.25) is 5.91 Å². The lowest BCUT2D eigenvalue weighted by Gasteiger charge is -2.22. The van der Waals surface area contributed by atoms with Crippen LogP contribution in [0.15, 0.2) is 42.5 Å². The van der Waals surface area contributed by atoms with Crippen molar-refractivity contribution in [2.75, 3.05) is 20.2 Å². The van der Waals surface area contributed by atoms with Gasteiger partial charge in [-0.15, -0.1) is 0 Å². The van der Waals surface area contributed by atoms with E-state index in [2.05, 4.69) is 18.0 Å². The number of rotatable bonds is 4. The van der Waals surface area contributed by atoms with Crippen molar-refractivity contribution in [1.82, 2.24) is 9.80 Å². The van der Waals surface area contributed by atoms with Gasteiger partial charge < -0.3 is 9.64 Å². The molecule has 0 atom stereocenters. The maximum atomic E-state index is 13.1. The minimum absolute atomic E-state index is 0.00682. The van der Waals surface area contributed by atoms with Crippen LogP contribution >= 0.6 is 0 Å². The molecule has 0 spiro atoms. The first-order chi connectivity index (χ1) is 12.0. The topological polar surface area (TPSA) is 32.8 Å². The lowest BCUT2D eigenvalue weighted by Crippen LogP contribution is -2.27. The average Bonchev–Trinajstić information content (AvgIpc) is 2.76. The summed E-state index contributed by atoms with van der Waals surface area (Å²) >= 11 is 0. The number of halogens is 1. The largest absolute Gasteiger partial charge is 0.492 e. The van der Waals surface area contributed by atoms with Crippen molar-refractivity contribution in [3.05, 3.63) is 65.0 Å². The molecular formula is C20H23FN2O2. The van der Waals surface area contributed by atoms with E-state index in [9.17, 15) is 9.18 Å². The van der Waals surface area contributed by atoms with Crippen molar-refractivity contribution in [1.29, 1.82) is 0 Å². The van der Waals surface area contributed by atoms with Crippen molar-refractivity contribution in [3.63, 3.8) is 0 Å². The van der Waals surface area contributed by atoms with Gasteiger partial charge >= 0.3 is 0 Å². The van der Waals surface area contributed by atoms with Crippen molar-refractivity contribution in [3.8, 4) is 5.75 Å². The summed E-state index contributed by atoms with van der Waals surface area (Å²) in [6.07, 6.45) is 0. The normalized spacial score (nSPS) is 14.4. The van der Waals surface area contributed by atoms with Gasteiger partial charge in [0.15, 0.2) is 0 Å². The summed E-state index contributed by atoms with van der Waals surface area (Å²) in [5.74, 6) is 0.640. The number of benzene rings is 2. The minimum Gasteiger partial charge on any atom is -0.492 e. The van der Waals surface area contributed by atoms with Crippen LogP contribution in [0.4, 0.5) is 4.39 Å². The number of likely N-dealkylation sites (N-methyl/N-ethyl adjacent to an activating group) is 1. The maximum Gasteiger partial charge on any atom is 0.220 e. The quantitative estimate of drug-likeness (QED) is 0.855. The molecule has 3 rings (SSSR count). The van der Waals surface area contributed by atoms with Crippen LogP contribution in [0.2, 0.25) is 0 Å². The first kappa shape index (κ1) is 17.4. The van der Waals surface area contributed by atoms with Crippen molar-refractivity contribution >= 4 is 5.91 Å². The molecule has 0 saturated heterocycles. The number of hydrogen-bond acceptors (Lipinski definition) is 3. The summed E-state index contributed by atoms with van der Waals surface area (Å²) in [7, 11) is 2.07. The number of carbonyl (C=O) groups excluding carboxylic acids is 1. The molecular weight excluding hydrogens is 319 g/mol. The van der Waals surface area contributed by atoms with Crippen LogP contribution in [0, 0.1) is 5.82 Å². The highest BCUT2D eigenvalue weighted by atomic mass is 19.1. The number of ether oxygens (including phenoxy) is 1. The third kappa shape index (κ3) is 4.57. The first-order valence-electron chi connectivity index (χ1n) is 8.44. The predicted octanol–water partition coefficient (Wildman–Crippen LogP) is 3.20. The van der Waals surface area contributed by atoms with E-state index in [1.165, 1.54) is 12.1 Å². The highest BCUT2D eigenvalue weighted by molar-refractivity contribution is 5.73. The Kier molecular flexibility index (Phi) is 5.34. The van der Waals surface area contributed by atoms with E-state index in [4.69, 9.17) is 4.74 Å². The number of hydrogen-bond donors (Lipinski definition) is 0. The number of amides is 1. The fraction of sp³-hybridized carbons (Fsp3) is 0.350. The summed E-state index contributed by atoms with van der Waals surface area (Å²) in [4.78, 5) is 16.0. The summed E-state index contributed by atoms with van der Waals surface area (Å²) in [6, 6.07) is 12.4. The highest BCUT2D eigenvalue weighted by Crippen LogP contribution is 2.24. The highest BCUT2D eigenvalue weighted by Gasteiger charge is 2.15. The van der Waals surface area contributed by atoms with Gasteiger partial charge in [-0.25, -0.2) is 4.39 Å². The van der Waals surface area contributed by atoms with Crippen molar-refractivity contribution in [2.45, 2.75) is 26.6 Å². The van der Waals surface area contributed by atoms with Crippen LogP contribution in [-0.4, -0.2) is 35.9 Å². The molecule has 0 bridgehead atoms. The Labute approximate surface area is 147 Å². The van der Waals surface area contributed by atoms with Gasteiger partial charge in [0.1, 0.15) is 18.2 Å². The summed E-state index contributed by atoms with van der Waals surface area (Å²) in [6.45, 7) is 4.96. The molecule has 132 valence electrons. The van der Waals surface area contributed by atoms with E-state index < -0.39 is 0 Å². The molecule has 0 aromatic heterocycles. The number of carbonyl (C=O) groups is 1. The van der Waals surface area contributed by atoms with Gasteiger partial charge in [0.25, 0.3) is 0 Å². The molecule has 1 aliphatic heterocycles. The number of fused-ring (bicyclic) bond motifs is 1. The van der Waals surface area contributed by atoms with E-state index in [0.717, 1.165) is 35.5 Å². The number of nitrogens with zero attached hydrogens (tertiary/aromatic N) is 2. The molecule has 0 fully saturated rings. The van der Waals surface area contributed by atoms with Crippen LogP contribution in [-0.2, 0) is 24.4 Å². The lowest BCUT2D eigenvalue weighted by atomic mass is 10.1. The van der Waals surface area contributed by atoms with Crippen LogP contribution in [0.3, 0.4) is 0 Å². The average molecular weight is 342 g/mol. The Morgan fingerprint density at radius 2 is 1.84 bits per heavy atom. The molecule has 1 amide bonds. The third-order valence-corrected chi connectivity index (χ3v) is 4.40. The second kappa shape index (κ2) is 7.66. The van der Waals surface area contributed by atoms with E-state index in [0.29, 0.717) is 19.7 Å². The van der Waals surface area contributed by atoms with Crippen LogP contribution in [0.5, 0.6) is 5.75 Å². The second-order valence-electron chi connectivity index (χ2n) is 6.53. The summed E-state index contributed by atoms with van der Waals surface area (Å²) < 4.78 is 18.8. The minimum atomic E-state index is -0.270. The lowest BCUT2D eigenvalue weighted by molar-refractivity contribution is -0.130. The Morgan fingerprint density at radius 3 is 2.56 bits per heavy atom. The van der Waals surface area contributed by atoms with Gasteiger partial charge in [-0.3, -0.25) is 9.69 Å². The third-order valence-electron chi connectivity index (χ3n) is 4.40. The molecule has 0 radical (unpaired) electrons. The molecule has 25 heavy (non-hydrogen) atoms. The molecule has 5 heteroatoms. The molecule has 2 aromatic rings. The van der Waals surface area contributed by atoms with Gasteiger partial charge in [-0.1, -0.05) is 18.2 Å². The molecule has 4 nitrogen and oxygen atoms in total. The predicted molar refractivity (Wildman–Crippen MR) is 94.6 cm³/mol. The molecule has 2 aromatic carbocycles. The monoisotopic (exact) mass is 342 g/mol. The first-order valence-corrected chi connectivity index (χ1v) is 8.44. The molecule has 1 heterocycles. The van der Waals surface area contributed by atoms with Crippen LogP contribution in [0.1, 0.15) is 23.6 Å². The van der Waals surface area contributed by atoms with E-state index in [1.807, 2.05) is 12.1 Å². The fourth-order valence-electron chi connectivity index (χ4n) is 2.99. The van der Waals surface area contributed by atoms with Gasteiger partial charge in [0.05, 0.1) is 0 Å². The van der Waals surface area contributed by atoms with E-state index in [-0.39, 0.29) is 11.7 Å². The molecule has 0 aliphatic carbocycles. The van der Waals surface area contributed by atoms with Crippen molar-refractivity contribution in [2.24, 2.45) is 0 Å². The smallest absolute Gasteiger partial charge is 0.220 e. The Balaban J connectivity index is 1.76. The zero-order valence-electron chi connectivity index (χ0n) is 14.7. The fourth-order valence-corrected chi connectivity index (χ4v) is 2.99. The van der Waals surface area contributed by atoms with Gasteiger partial charge in [0, 0.05) is 38.7 Å². The molecule has 1 aliphatic rings. The second-order valence-corrected chi connectivity index (χ2v) is 6.53. The van der Waals surface area contributed by atoms with Crippen LogP contribution in [0.25, 0.3) is 0 Å². The SMILES string of the molecule is CC(=O)N(Cc1ccc(F)cc1)Cc1ccc2c(c1)CN(C)CCO2. The zero-order chi connectivity index (χ0) is 17.8. The van der Waals surface area contributed by atoms with Gasteiger partial charge in [-0.2, -0.15) is 0 Å². The Bertz CT molecular complexity index is 746. The molecule has 0 unspecified atom stereocenters. The Hall–Kier alpha value is -2.40. The maximum absolute atomic E-state index is 13.1. The van der Waals surface area contributed by atoms with E-state index >= 15 is 0 Å². The van der Waals surface area contributed by atoms with Crippen molar-refractivity contribution < 1.29 is 13.9 Å². The summed E-state index contributed by atoms with van der Waals surface area (Å²) in [5.41, 5.74) is 3.12. The van der Waals surface area contributed by atoms with Gasteiger partial charge in [-0.05, 0) is 42.4 Å².